The highest BCUT2D eigenvalue weighted by Gasteiger charge is 2.51. The fourth-order valence-corrected chi connectivity index (χ4v) is 6.04. The molecule has 3 heterocycles. The molecule has 1 unspecified atom stereocenters. The topological polar surface area (TPSA) is 107 Å². The second-order valence-electron chi connectivity index (χ2n) is 12.1. The number of nitrogens with zero attached hydrogens (tertiary/aromatic N) is 1. The molecule has 3 aliphatic rings. The number of hydrogen-bond acceptors (Lipinski definition) is 8. The second-order valence-corrected chi connectivity index (χ2v) is 13.1. The lowest BCUT2D eigenvalue weighted by atomic mass is 9.88. The van der Waals surface area contributed by atoms with Crippen molar-refractivity contribution in [1.29, 1.82) is 0 Å². The predicted octanol–water partition coefficient (Wildman–Crippen LogP) is 4.21. The first-order valence-corrected chi connectivity index (χ1v) is 16.5. The molecule has 2 amide bonds. The zero-order chi connectivity index (χ0) is 30.9. The first-order chi connectivity index (χ1) is 19.9. The summed E-state index contributed by atoms with van der Waals surface area (Å²) in [4.78, 5) is 37.9. The number of nitrogens with one attached hydrogen (secondary N) is 1. The number of esters is 1. The minimum absolute atomic E-state index is 0.0589. The van der Waals surface area contributed by atoms with E-state index < -0.39 is 6.10 Å². The Kier molecular flexibility index (Phi) is 13.1. The maximum atomic E-state index is 12.7. The number of hydrogen-bond donors (Lipinski definition) is 1. The predicted molar refractivity (Wildman–Crippen MR) is 165 cm³/mol. The van der Waals surface area contributed by atoms with E-state index >= 15 is 0 Å². The highest BCUT2D eigenvalue weighted by Crippen LogP contribution is 2.43. The Balaban J connectivity index is 1.47. The van der Waals surface area contributed by atoms with Crippen LogP contribution >= 0.6 is 11.8 Å². The lowest BCUT2D eigenvalue weighted by Gasteiger charge is -2.39. The lowest BCUT2D eigenvalue weighted by Crippen LogP contribution is -2.50. The summed E-state index contributed by atoms with van der Waals surface area (Å²) in [5, 5.41) is 3.03. The zero-order valence-electron chi connectivity index (χ0n) is 26.3. The van der Waals surface area contributed by atoms with Crippen molar-refractivity contribution in [3.05, 3.63) is 36.0 Å². The second kappa shape index (κ2) is 16.1. The van der Waals surface area contributed by atoms with E-state index in [9.17, 15) is 14.4 Å². The average Bonchev–Trinajstić information content (AvgIpc) is 3.67. The minimum atomic E-state index is -0.458. The van der Waals surface area contributed by atoms with Gasteiger partial charge in [-0.1, -0.05) is 30.7 Å². The quantitative estimate of drug-likeness (QED) is 0.144. The lowest BCUT2D eigenvalue weighted by molar-refractivity contribution is -0.143. The van der Waals surface area contributed by atoms with Crippen molar-refractivity contribution < 1.29 is 33.3 Å². The van der Waals surface area contributed by atoms with Crippen LogP contribution in [-0.4, -0.2) is 97.1 Å². The van der Waals surface area contributed by atoms with Crippen molar-refractivity contribution in [1.82, 2.24) is 10.2 Å². The van der Waals surface area contributed by atoms with Gasteiger partial charge in [0.2, 0.25) is 11.8 Å². The third kappa shape index (κ3) is 11.2. The zero-order valence-corrected chi connectivity index (χ0v) is 27.1. The smallest absolute Gasteiger partial charge is 0.303 e. The summed E-state index contributed by atoms with van der Waals surface area (Å²) in [7, 11) is 1.86. The van der Waals surface area contributed by atoms with Crippen LogP contribution in [0.25, 0.3) is 0 Å². The van der Waals surface area contributed by atoms with Crippen LogP contribution in [0, 0.1) is 5.92 Å². The monoisotopic (exact) mass is 606 g/mol. The molecule has 3 aliphatic heterocycles. The van der Waals surface area contributed by atoms with E-state index in [0.717, 1.165) is 50.2 Å². The Morgan fingerprint density at radius 1 is 1.17 bits per heavy atom. The molecule has 3 rings (SSSR count). The van der Waals surface area contributed by atoms with Crippen LogP contribution in [-0.2, 0) is 33.3 Å². The minimum Gasteiger partial charge on any atom is -0.459 e. The number of ether oxygens (including phenoxy) is 4. The standard InChI is InChI=1S/C32H50N2O7S/c1-21(8-11-26-18-32(20-38-32)19-27(41-26)17-31(37)34(6)14-15-42-7)9-12-29-22(2)16-28(24(4)40-29)33-30(36)13-10-23(3)39-25(5)35/h8-11,13,22-24,26-29H,12,14-20H2,1-7H3,(H,33,36)/b11-8+,13-10-,21-9+/t22-,23-,24+,26+,27+,28+,29-,32?/m0/s1. The van der Waals surface area contributed by atoms with Crippen LogP contribution in [0.15, 0.2) is 36.0 Å². The van der Waals surface area contributed by atoms with Crippen molar-refractivity contribution >= 4 is 29.5 Å². The van der Waals surface area contributed by atoms with Gasteiger partial charge < -0.3 is 29.2 Å². The van der Waals surface area contributed by atoms with E-state index in [1.54, 1.807) is 29.7 Å². The number of epoxide rings is 1. The van der Waals surface area contributed by atoms with Gasteiger partial charge in [-0.3, -0.25) is 14.4 Å². The molecule has 3 saturated heterocycles. The number of thioether (sulfide) groups is 1. The Labute approximate surface area is 255 Å². The van der Waals surface area contributed by atoms with Gasteiger partial charge in [-0.2, -0.15) is 11.8 Å². The van der Waals surface area contributed by atoms with E-state index in [0.29, 0.717) is 6.42 Å². The van der Waals surface area contributed by atoms with Gasteiger partial charge in [0.05, 0.1) is 49.1 Å². The molecule has 0 aromatic rings. The van der Waals surface area contributed by atoms with E-state index in [2.05, 4.69) is 37.4 Å². The Hall–Kier alpha value is -2.14. The first-order valence-electron chi connectivity index (χ1n) is 15.1. The molecule has 0 aromatic heterocycles. The molecular formula is C32H50N2O7S. The van der Waals surface area contributed by atoms with Gasteiger partial charge in [-0.15, -0.1) is 0 Å². The van der Waals surface area contributed by atoms with Gasteiger partial charge in [-0.25, -0.2) is 0 Å². The van der Waals surface area contributed by atoms with Crippen LogP contribution in [0.4, 0.5) is 0 Å². The van der Waals surface area contributed by atoms with Gasteiger partial charge in [0.25, 0.3) is 0 Å². The summed E-state index contributed by atoms with van der Waals surface area (Å²) in [6.07, 6.45) is 14.2. The summed E-state index contributed by atoms with van der Waals surface area (Å²) < 4.78 is 23.5. The van der Waals surface area contributed by atoms with Crippen molar-refractivity contribution in [3.8, 4) is 0 Å². The maximum Gasteiger partial charge on any atom is 0.303 e. The third-order valence-electron chi connectivity index (χ3n) is 8.21. The molecule has 1 N–H and O–H groups in total. The highest BCUT2D eigenvalue weighted by molar-refractivity contribution is 7.98. The molecule has 236 valence electrons. The third-order valence-corrected chi connectivity index (χ3v) is 8.80. The van der Waals surface area contributed by atoms with Gasteiger partial charge in [0.1, 0.15) is 6.10 Å². The SMILES string of the molecule is CSCCN(C)C(=O)C[C@@H]1CC2(CO2)C[C@@H](/C=C/C(C)=C/C[C@@H]2O[C@H](C)[C@H](NC(=O)/C=C\[C@H](C)OC(C)=O)C[C@@H]2C)O1. The van der Waals surface area contributed by atoms with Crippen LogP contribution in [0.1, 0.15) is 66.7 Å². The van der Waals surface area contributed by atoms with Gasteiger partial charge in [0, 0.05) is 45.2 Å². The molecule has 9 nitrogen and oxygen atoms in total. The van der Waals surface area contributed by atoms with Gasteiger partial charge in [0.15, 0.2) is 0 Å². The fourth-order valence-electron chi connectivity index (χ4n) is 5.58. The van der Waals surface area contributed by atoms with Crippen LogP contribution < -0.4 is 5.32 Å². The normalized spacial score (nSPS) is 32.2. The largest absolute Gasteiger partial charge is 0.459 e. The molecule has 1 spiro atoms. The van der Waals surface area contributed by atoms with Crippen molar-refractivity contribution in [2.45, 2.75) is 109 Å². The number of allylic oxidation sites excluding steroid dienone is 2. The molecule has 0 bridgehead atoms. The van der Waals surface area contributed by atoms with E-state index in [1.807, 2.05) is 20.2 Å². The van der Waals surface area contributed by atoms with Crippen molar-refractivity contribution in [2.75, 3.05) is 32.2 Å². The van der Waals surface area contributed by atoms with E-state index in [-0.39, 0.29) is 59.8 Å². The molecule has 0 radical (unpaired) electrons. The molecular weight excluding hydrogens is 556 g/mol. The van der Waals surface area contributed by atoms with Gasteiger partial charge >= 0.3 is 5.97 Å². The van der Waals surface area contributed by atoms with Crippen molar-refractivity contribution in [2.24, 2.45) is 5.92 Å². The summed E-state index contributed by atoms with van der Waals surface area (Å²) in [5.41, 5.74) is 0.989. The van der Waals surface area contributed by atoms with Crippen LogP contribution in [0.3, 0.4) is 0 Å². The van der Waals surface area contributed by atoms with Crippen molar-refractivity contribution in [3.63, 3.8) is 0 Å². The molecule has 42 heavy (non-hydrogen) atoms. The molecule has 8 atom stereocenters. The molecule has 3 fully saturated rings. The average molecular weight is 607 g/mol. The number of amides is 2. The maximum absolute atomic E-state index is 12.7. The Morgan fingerprint density at radius 2 is 1.90 bits per heavy atom. The molecule has 0 saturated carbocycles. The summed E-state index contributed by atoms with van der Waals surface area (Å²) >= 11 is 1.74. The van der Waals surface area contributed by atoms with E-state index in [4.69, 9.17) is 18.9 Å². The van der Waals surface area contributed by atoms with E-state index in [1.165, 1.54) is 13.0 Å². The summed E-state index contributed by atoms with van der Waals surface area (Å²) in [6, 6.07) is -0.0898. The number of carbonyl (C=O) groups excluding carboxylic acids is 3. The number of carbonyl (C=O) groups is 3. The Morgan fingerprint density at radius 3 is 2.57 bits per heavy atom. The van der Waals surface area contributed by atoms with Crippen LogP contribution in [0.2, 0.25) is 0 Å². The highest BCUT2D eigenvalue weighted by atomic mass is 32.2. The molecule has 10 heteroatoms. The Bertz CT molecular complexity index is 1020. The first kappa shape index (κ1) is 34.4. The molecule has 0 aliphatic carbocycles. The fraction of sp³-hybridized carbons (Fsp3) is 0.719. The molecule has 0 aromatic carbocycles. The summed E-state index contributed by atoms with van der Waals surface area (Å²) in [5.74, 6) is 0.708. The van der Waals surface area contributed by atoms with Crippen LogP contribution in [0.5, 0.6) is 0 Å². The van der Waals surface area contributed by atoms with Gasteiger partial charge in [-0.05, 0) is 51.9 Å². The number of rotatable bonds is 13. The summed E-state index contributed by atoms with van der Waals surface area (Å²) in [6.45, 7) is 10.8.